The molecule has 0 saturated carbocycles. The third kappa shape index (κ3) is 4.65. The molecule has 5 nitrogen and oxygen atoms in total. The van der Waals surface area contributed by atoms with E-state index >= 15 is 0 Å². The van der Waals surface area contributed by atoms with Crippen LogP contribution < -0.4 is 5.32 Å². The fourth-order valence-electron chi connectivity index (χ4n) is 2.77. The Labute approximate surface area is 125 Å². The Bertz CT molecular complexity index is 508. The minimum Gasteiger partial charge on any atom is -0.310 e. The molecule has 1 aromatic carbocycles. The SMILES string of the molecule is C=C(C)CN1CCC(NCc2ccccc2[N+](=O)[O-])CC1. The van der Waals surface area contributed by atoms with Gasteiger partial charge in [-0.15, -0.1) is 0 Å². The third-order valence-corrected chi connectivity index (χ3v) is 3.85. The zero-order chi connectivity index (χ0) is 15.2. The number of benzene rings is 1. The summed E-state index contributed by atoms with van der Waals surface area (Å²) in [4.78, 5) is 13.1. The van der Waals surface area contributed by atoms with E-state index in [-0.39, 0.29) is 10.6 Å². The molecule has 0 aromatic heterocycles. The molecule has 1 N–H and O–H groups in total. The lowest BCUT2D eigenvalue weighted by molar-refractivity contribution is -0.385. The Balaban J connectivity index is 1.82. The van der Waals surface area contributed by atoms with Crippen LogP contribution in [-0.4, -0.2) is 35.5 Å². The number of nitro groups is 1. The highest BCUT2D eigenvalue weighted by Gasteiger charge is 2.19. The summed E-state index contributed by atoms with van der Waals surface area (Å²) >= 11 is 0. The van der Waals surface area contributed by atoms with E-state index in [1.165, 1.54) is 5.57 Å². The summed E-state index contributed by atoms with van der Waals surface area (Å²) in [6.07, 6.45) is 2.15. The summed E-state index contributed by atoms with van der Waals surface area (Å²) in [7, 11) is 0. The lowest BCUT2D eigenvalue weighted by Gasteiger charge is -2.32. The van der Waals surface area contributed by atoms with Crippen molar-refractivity contribution in [2.75, 3.05) is 19.6 Å². The van der Waals surface area contributed by atoms with Crippen LogP contribution in [0.3, 0.4) is 0 Å². The van der Waals surface area contributed by atoms with E-state index in [4.69, 9.17) is 0 Å². The van der Waals surface area contributed by atoms with Crippen LogP contribution in [0.4, 0.5) is 5.69 Å². The smallest absolute Gasteiger partial charge is 0.273 e. The van der Waals surface area contributed by atoms with Gasteiger partial charge in [0.25, 0.3) is 5.69 Å². The van der Waals surface area contributed by atoms with E-state index in [9.17, 15) is 10.1 Å². The van der Waals surface area contributed by atoms with Crippen molar-refractivity contribution in [3.05, 3.63) is 52.1 Å². The number of para-hydroxylation sites is 1. The highest BCUT2D eigenvalue weighted by molar-refractivity contribution is 5.39. The van der Waals surface area contributed by atoms with Gasteiger partial charge in [-0.05, 0) is 32.9 Å². The minimum absolute atomic E-state index is 0.199. The number of nitro benzene ring substituents is 1. The molecule has 0 aliphatic carbocycles. The molecule has 0 atom stereocenters. The maximum absolute atomic E-state index is 11.0. The van der Waals surface area contributed by atoms with Gasteiger partial charge in [-0.1, -0.05) is 30.4 Å². The van der Waals surface area contributed by atoms with Crippen LogP contribution in [0.5, 0.6) is 0 Å². The fourth-order valence-corrected chi connectivity index (χ4v) is 2.77. The van der Waals surface area contributed by atoms with Gasteiger partial charge in [-0.2, -0.15) is 0 Å². The van der Waals surface area contributed by atoms with E-state index in [2.05, 4.69) is 23.7 Å². The first-order chi connectivity index (χ1) is 10.1. The molecule has 0 bridgehead atoms. The maximum Gasteiger partial charge on any atom is 0.273 e. The Morgan fingerprint density at radius 2 is 2.10 bits per heavy atom. The van der Waals surface area contributed by atoms with E-state index in [1.807, 2.05) is 12.1 Å². The highest BCUT2D eigenvalue weighted by atomic mass is 16.6. The molecule has 1 fully saturated rings. The van der Waals surface area contributed by atoms with E-state index < -0.39 is 0 Å². The summed E-state index contributed by atoms with van der Waals surface area (Å²) in [5.74, 6) is 0. The van der Waals surface area contributed by atoms with Crippen LogP contribution in [0.25, 0.3) is 0 Å². The molecule has 1 heterocycles. The van der Waals surface area contributed by atoms with Crippen molar-refractivity contribution in [3.63, 3.8) is 0 Å². The molecular formula is C16H23N3O2. The zero-order valence-corrected chi connectivity index (χ0v) is 12.5. The predicted molar refractivity (Wildman–Crippen MR) is 84.2 cm³/mol. The largest absolute Gasteiger partial charge is 0.310 e. The molecule has 114 valence electrons. The Hall–Kier alpha value is -1.72. The lowest BCUT2D eigenvalue weighted by atomic mass is 10.0. The van der Waals surface area contributed by atoms with E-state index in [0.717, 1.165) is 38.0 Å². The molecule has 1 aliphatic rings. The molecule has 0 unspecified atom stereocenters. The van der Waals surface area contributed by atoms with Gasteiger partial charge in [-0.3, -0.25) is 15.0 Å². The average molecular weight is 289 g/mol. The van der Waals surface area contributed by atoms with E-state index in [1.54, 1.807) is 12.1 Å². The summed E-state index contributed by atoms with van der Waals surface area (Å²) in [6, 6.07) is 7.37. The summed E-state index contributed by atoms with van der Waals surface area (Å²) < 4.78 is 0. The minimum atomic E-state index is -0.313. The standard InChI is InChI=1S/C16H23N3O2/c1-13(2)12-18-9-7-15(8-10-18)17-11-14-5-3-4-6-16(14)19(20)21/h3-6,15,17H,1,7-12H2,2H3. The van der Waals surface area contributed by atoms with Gasteiger partial charge >= 0.3 is 0 Å². The molecule has 5 heteroatoms. The second-order valence-corrected chi connectivity index (χ2v) is 5.77. The normalized spacial score (nSPS) is 16.8. The van der Waals surface area contributed by atoms with Crippen LogP contribution >= 0.6 is 0 Å². The first kappa shape index (κ1) is 15.7. The molecule has 1 aromatic rings. The Morgan fingerprint density at radius 1 is 1.43 bits per heavy atom. The topological polar surface area (TPSA) is 58.4 Å². The molecular weight excluding hydrogens is 266 g/mol. The number of rotatable bonds is 6. The quantitative estimate of drug-likeness (QED) is 0.497. The first-order valence-electron chi connectivity index (χ1n) is 7.38. The Kier molecular flexibility index (Phi) is 5.47. The molecule has 2 rings (SSSR count). The van der Waals surface area contributed by atoms with E-state index in [0.29, 0.717) is 12.6 Å². The van der Waals surface area contributed by atoms with Crippen molar-refractivity contribution < 1.29 is 4.92 Å². The van der Waals surface area contributed by atoms with Crippen molar-refractivity contribution in [3.8, 4) is 0 Å². The number of hydrogen-bond donors (Lipinski definition) is 1. The van der Waals surface area contributed by atoms with Gasteiger partial charge in [0.2, 0.25) is 0 Å². The fraction of sp³-hybridized carbons (Fsp3) is 0.500. The van der Waals surface area contributed by atoms with Crippen molar-refractivity contribution in [2.45, 2.75) is 32.4 Å². The summed E-state index contributed by atoms with van der Waals surface area (Å²) in [6.45, 7) is 9.64. The molecule has 0 radical (unpaired) electrons. The Morgan fingerprint density at radius 3 is 2.71 bits per heavy atom. The number of likely N-dealkylation sites (tertiary alicyclic amines) is 1. The second-order valence-electron chi connectivity index (χ2n) is 5.77. The van der Waals surface area contributed by atoms with Crippen LogP contribution in [0, 0.1) is 10.1 Å². The average Bonchev–Trinajstić information content (AvgIpc) is 2.46. The van der Waals surface area contributed by atoms with Crippen LogP contribution in [0.1, 0.15) is 25.3 Å². The van der Waals surface area contributed by atoms with Crippen LogP contribution in [0.2, 0.25) is 0 Å². The number of hydrogen-bond acceptors (Lipinski definition) is 4. The monoisotopic (exact) mass is 289 g/mol. The van der Waals surface area contributed by atoms with Gasteiger partial charge in [0, 0.05) is 30.8 Å². The molecule has 1 aliphatic heterocycles. The number of piperidine rings is 1. The molecule has 0 spiro atoms. The predicted octanol–water partition coefficient (Wildman–Crippen LogP) is 2.72. The highest BCUT2D eigenvalue weighted by Crippen LogP contribution is 2.18. The maximum atomic E-state index is 11.0. The van der Waals surface area contributed by atoms with Crippen LogP contribution in [0.15, 0.2) is 36.4 Å². The van der Waals surface area contributed by atoms with Gasteiger partial charge in [0.05, 0.1) is 4.92 Å². The van der Waals surface area contributed by atoms with Crippen molar-refractivity contribution in [1.29, 1.82) is 0 Å². The molecule has 0 amide bonds. The van der Waals surface area contributed by atoms with Gasteiger partial charge in [-0.25, -0.2) is 0 Å². The van der Waals surface area contributed by atoms with Crippen molar-refractivity contribution >= 4 is 5.69 Å². The summed E-state index contributed by atoms with van der Waals surface area (Å²) in [5.41, 5.74) is 2.15. The van der Waals surface area contributed by atoms with Crippen LogP contribution in [-0.2, 0) is 6.54 Å². The van der Waals surface area contributed by atoms with Gasteiger partial charge < -0.3 is 5.32 Å². The van der Waals surface area contributed by atoms with Crippen molar-refractivity contribution in [2.24, 2.45) is 0 Å². The van der Waals surface area contributed by atoms with Crippen molar-refractivity contribution in [1.82, 2.24) is 10.2 Å². The van der Waals surface area contributed by atoms with Gasteiger partial charge in [0.15, 0.2) is 0 Å². The number of nitrogens with zero attached hydrogens (tertiary/aromatic N) is 2. The second kappa shape index (κ2) is 7.33. The molecule has 1 saturated heterocycles. The first-order valence-corrected chi connectivity index (χ1v) is 7.38. The lowest BCUT2D eigenvalue weighted by Crippen LogP contribution is -2.42. The number of nitrogens with one attached hydrogen (secondary N) is 1. The third-order valence-electron chi connectivity index (χ3n) is 3.85. The zero-order valence-electron chi connectivity index (χ0n) is 12.5. The van der Waals surface area contributed by atoms with Gasteiger partial charge in [0.1, 0.15) is 0 Å². The molecule has 21 heavy (non-hydrogen) atoms. The summed E-state index contributed by atoms with van der Waals surface area (Å²) in [5, 5.41) is 14.4.